The van der Waals surface area contributed by atoms with Crippen LogP contribution in [0.3, 0.4) is 0 Å². The lowest BCUT2D eigenvalue weighted by molar-refractivity contribution is 0.282. The molecule has 0 amide bonds. The van der Waals surface area contributed by atoms with E-state index in [1.165, 1.54) is 25.7 Å². The fourth-order valence-corrected chi connectivity index (χ4v) is 0.715. The van der Waals surface area contributed by atoms with Crippen LogP contribution in [0.5, 0.6) is 0 Å². The minimum Gasteiger partial charge on any atom is -0.396 e. The molecule has 0 aromatic heterocycles. The average molecular weight is 143 g/mol. The van der Waals surface area contributed by atoms with Crippen LogP contribution in [0, 0.1) is 0 Å². The maximum absolute atomic E-state index is 8.37. The van der Waals surface area contributed by atoms with E-state index in [-0.39, 0.29) is 23.1 Å². The highest BCUT2D eigenvalue weighted by molar-refractivity contribution is 5.75. The summed E-state index contributed by atoms with van der Waals surface area (Å²) in [5.74, 6) is 0. The van der Waals surface area contributed by atoms with Crippen LogP contribution in [0.1, 0.15) is 39.0 Å². The lowest BCUT2D eigenvalue weighted by Crippen LogP contribution is -1.81. The number of hydrogen-bond donors (Lipinski definition) is 1. The maximum atomic E-state index is 8.37. The molecule has 0 saturated carbocycles. The molecule has 0 saturated heterocycles. The Morgan fingerprint density at radius 2 is 1.56 bits per heavy atom. The van der Waals surface area contributed by atoms with E-state index in [0.29, 0.717) is 6.61 Å². The largest absolute Gasteiger partial charge is 0.396 e. The van der Waals surface area contributed by atoms with Gasteiger partial charge in [0, 0.05) is 6.61 Å². The highest BCUT2D eigenvalue weighted by Gasteiger charge is 1.84. The summed E-state index contributed by atoms with van der Waals surface area (Å²) in [5, 5.41) is 8.37. The first-order valence-corrected chi connectivity index (χ1v) is 3.52. The lowest BCUT2D eigenvalue weighted by atomic mass is 10.2. The van der Waals surface area contributed by atoms with Gasteiger partial charge in [0.2, 0.25) is 0 Å². The fourth-order valence-electron chi connectivity index (χ4n) is 0.715. The van der Waals surface area contributed by atoms with E-state index < -0.39 is 0 Å². The van der Waals surface area contributed by atoms with E-state index in [9.17, 15) is 0 Å². The van der Waals surface area contributed by atoms with Crippen molar-refractivity contribution in [2.45, 2.75) is 39.0 Å². The molecule has 0 radical (unpaired) electrons. The van der Waals surface area contributed by atoms with Crippen molar-refractivity contribution in [2.75, 3.05) is 6.61 Å². The van der Waals surface area contributed by atoms with E-state index >= 15 is 0 Å². The summed E-state index contributed by atoms with van der Waals surface area (Å²) < 4.78 is 0. The zero-order valence-corrected chi connectivity index (χ0v) is 5.69. The first-order chi connectivity index (χ1) is 3.91. The third-order valence-corrected chi connectivity index (χ3v) is 1.26. The van der Waals surface area contributed by atoms with Crippen molar-refractivity contribution in [2.24, 2.45) is 0 Å². The van der Waals surface area contributed by atoms with Crippen molar-refractivity contribution in [1.82, 2.24) is 0 Å². The van der Waals surface area contributed by atoms with Crippen molar-refractivity contribution in [3.05, 3.63) is 0 Å². The summed E-state index contributed by atoms with van der Waals surface area (Å²) >= 11 is 0. The minimum absolute atomic E-state index is 0. The number of aliphatic hydroxyl groups is 1. The molecule has 0 bridgehead atoms. The van der Waals surface area contributed by atoms with Crippen molar-refractivity contribution < 1.29 is 5.11 Å². The highest BCUT2D eigenvalue weighted by Crippen LogP contribution is 2.00. The second-order valence-electron chi connectivity index (χ2n) is 2.14. The number of hydrogen-bond acceptors (Lipinski definition) is 1. The Morgan fingerprint density at radius 1 is 1.00 bits per heavy atom. The van der Waals surface area contributed by atoms with Gasteiger partial charge in [0.15, 0.2) is 0 Å². The molecule has 9 heavy (non-hydrogen) atoms. The third-order valence-electron chi connectivity index (χ3n) is 1.26. The lowest BCUT2D eigenvalue weighted by Gasteiger charge is -1.93. The molecule has 0 unspecified atom stereocenters. The molecule has 0 aromatic carbocycles. The van der Waals surface area contributed by atoms with E-state index in [1.54, 1.807) is 0 Å². The van der Waals surface area contributed by atoms with E-state index in [1.807, 2.05) is 0 Å². The summed E-state index contributed by atoms with van der Waals surface area (Å²) in [4.78, 5) is 0. The van der Waals surface area contributed by atoms with Crippen LogP contribution < -0.4 is 0 Å². The van der Waals surface area contributed by atoms with E-state index in [2.05, 4.69) is 6.92 Å². The Balaban J connectivity index is 0. The summed E-state index contributed by atoms with van der Waals surface area (Å²) in [6, 6.07) is 0. The Kier molecular flexibility index (Phi) is 15.9. The molecule has 0 aromatic rings. The molecule has 54 valence electrons. The predicted octanol–water partition coefficient (Wildman–Crippen LogP) is 1.03. The monoisotopic (exact) mass is 142 g/mol. The van der Waals surface area contributed by atoms with Crippen LogP contribution in [-0.4, -0.2) is 34.8 Å². The van der Waals surface area contributed by atoms with Crippen LogP contribution in [0.2, 0.25) is 0 Å². The van der Waals surface area contributed by atoms with Crippen LogP contribution in [0.4, 0.5) is 0 Å². The summed E-state index contributed by atoms with van der Waals surface area (Å²) in [5.41, 5.74) is 0. The third kappa shape index (κ3) is 12.0. The van der Waals surface area contributed by atoms with Gasteiger partial charge in [0.25, 0.3) is 0 Å². The molecule has 0 atom stereocenters. The summed E-state index contributed by atoms with van der Waals surface area (Å²) in [7, 11) is 0. The number of rotatable bonds is 5. The van der Waals surface area contributed by atoms with Crippen LogP contribution in [-0.2, 0) is 0 Å². The van der Waals surface area contributed by atoms with Gasteiger partial charge in [-0.05, 0) is 6.42 Å². The Hall–Kier alpha value is 0.726. The number of aliphatic hydroxyl groups excluding tert-OH is 1. The first kappa shape index (κ1) is 12.4. The molecule has 2 heteroatoms. The van der Waals surface area contributed by atoms with Gasteiger partial charge in [-0.25, -0.2) is 0 Å². The van der Waals surface area contributed by atoms with Crippen molar-refractivity contribution in [1.29, 1.82) is 0 Å². The molecular weight excluding hydrogens is 124 g/mol. The highest BCUT2D eigenvalue weighted by atomic mass is 24.3. The molecule has 1 nitrogen and oxygen atoms in total. The molecule has 0 heterocycles. The zero-order valence-electron chi connectivity index (χ0n) is 5.69. The Labute approximate surface area is 74.0 Å². The average Bonchev–Trinajstić information content (AvgIpc) is 1.81. The molecule has 0 spiro atoms. The Bertz CT molecular complexity index is 33.9. The van der Waals surface area contributed by atoms with Crippen molar-refractivity contribution >= 4 is 23.1 Å². The van der Waals surface area contributed by atoms with E-state index in [4.69, 9.17) is 5.11 Å². The van der Waals surface area contributed by atoms with Gasteiger partial charge in [-0.15, -0.1) is 0 Å². The zero-order chi connectivity index (χ0) is 6.24. The molecule has 0 aliphatic heterocycles. The molecule has 1 N–H and O–H groups in total. The maximum Gasteiger partial charge on any atom is 0.316 e. The first-order valence-electron chi connectivity index (χ1n) is 3.52. The van der Waals surface area contributed by atoms with Crippen LogP contribution in [0.15, 0.2) is 0 Å². The van der Waals surface area contributed by atoms with Gasteiger partial charge >= 0.3 is 23.1 Å². The van der Waals surface area contributed by atoms with Gasteiger partial charge in [0.1, 0.15) is 0 Å². The normalized spacial score (nSPS) is 8.67. The van der Waals surface area contributed by atoms with Gasteiger partial charge < -0.3 is 5.11 Å². The molecule has 0 fully saturated rings. The molecule has 0 aliphatic rings. The van der Waals surface area contributed by atoms with Gasteiger partial charge in [0.05, 0.1) is 0 Å². The molecular formula is C7H18MgO. The van der Waals surface area contributed by atoms with Crippen molar-refractivity contribution in [3.8, 4) is 0 Å². The molecule has 0 aliphatic carbocycles. The van der Waals surface area contributed by atoms with Crippen LogP contribution >= 0.6 is 0 Å². The smallest absolute Gasteiger partial charge is 0.316 e. The van der Waals surface area contributed by atoms with E-state index in [0.717, 1.165) is 6.42 Å². The minimum atomic E-state index is 0. The standard InChI is InChI=1S/C7H16O.Mg.2H/c1-2-3-4-5-6-7-8;;;/h8H,2-7H2,1H3;;;. The Morgan fingerprint density at radius 3 is 2.00 bits per heavy atom. The fraction of sp³-hybridized carbons (Fsp3) is 1.00. The SMILES string of the molecule is CCCCCCCO.[MgH2]. The summed E-state index contributed by atoms with van der Waals surface area (Å²) in [6.45, 7) is 2.56. The van der Waals surface area contributed by atoms with Gasteiger partial charge in [-0.2, -0.15) is 0 Å². The molecule has 0 rings (SSSR count). The number of unbranched alkanes of at least 4 members (excludes halogenated alkanes) is 4. The second kappa shape index (κ2) is 11.5. The second-order valence-corrected chi connectivity index (χ2v) is 2.14. The predicted molar refractivity (Wildman–Crippen MR) is 44.4 cm³/mol. The quantitative estimate of drug-likeness (QED) is 0.449. The van der Waals surface area contributed by atoms with Crippen LogP contribution in [0.25, 0.3) is 0 Å². The topological polar surface area (TPSA) is 20.2 Å². The van der Waals surface area contributed by atoms with Gasteiger partial charge in [-0.3, -0.25) is 0 Å². The van der Waals surface area contributed by atoms with Crippen molar-refractivity contribution in [3.63, 3.8) is 0 Å². The summed E-state index contributed by atoms with van der Waals surface area (Å²) in [6.07, 6.45) is 6.08. The van der Waals surface area contributed by atoms with Gasteiger partial charge in [-0.1, -0.05) is 32.6 Å².